The highest BCUT2D eigenvalue weighted by Gasteiger charge is 2.29. The minimum Gasteiger partial charge on any atom is -0.491 e. The van der Waals surface area contributed by atoms with Crippen LogP contribution in [0.4, 0.5) is 5.69 Å². The van der Waals surface area contributed by atoms with Gasteiger partial charge in [-0.2, -0.15) is 0 Å². The van der Waals surface area contributed by atoms with E-state index in [1.807, 2.05) is 20.0 Å². The number of allylic oxidation sites excluding steroid dienone is 2. The molecule has 1 aliphatic heterocycles. The summed E-state index contributed by atoms with van der Waals surface area (Å²) in [5, 5.41) is 0. The van der Waals surface area contributed by atoms with Gasteiger partial charge in [-0.25, -0.2) is 4.99 Å². The second kappa shape index (κ2) is 13.4. The van der Waals surface area contributed by atoms with E-state index in [0.29, 0.717) is 12.5 Å². The summed E-state index contributed by atoms with van der Waals surface area (Å²) >= 11 is 0. The second-order valence-electron chi connectivity index (χ2n) is 11.8. The van der Waals surface area contributed by atoms with Gasteiger partial charge in [0, 0.05) is 35.3 Å². The van der Waals surface area contributed by atoms with Crippen molar-refractivity contribution in [1.29, 1.82) is 0 Å². The molecule has 0 bridgehead atoms. The maximum Gasteiger partial charge on any atom is 0.132 e. The molecule has 0 N–H and O–H groups in total. The number of aryl methyl sites for hydroxylation is 1. The molecule has 40 heavy (non-hydrogen) atoms. The molecule has 5 heteroatoms. The normalized spacial score (nSPS) is 17.5. The number of aliphatic imine (C=N–C) groups is 2. The van der Waals surface area contributed by atoms with Gasteiger partial charge in [0.2, 0.25) is 0 Å². The molecule has 5 nitrogen and oxygen atoms in total. The molecule has 0 spiro atoms. The standard InChI is InChI=1S/C35H48N4O/c1-9-11-25(6)38-33-20-30(21-36-27(33)8)29-14-15-34-31(19-29)22-39(16-17-40-34)35(37-23(3)4)32(18-28-12-13-28)26(7)24(5)10-2/h14-15,19-21,24,28H,3,9-13,16-18,22H2,1-2,4-8H3. The number of aromatic nitrogens is 1. The van der Waals surface area contributed by atoms with Gasteiger partial charge in [0.1, 0.15) is 18.2 Å². The maximum absolute atomic E-state index is 6.28. The van der Waals surface area contributed by atoms with Crippen molar-refractivity contribution in [3.63, 3.8) is 0 Å². The molecule has 2 heterocycles. The first-order valence-electron chi connectivity index (χ1n) is 15.2. The van der Waals surface area contributed by atoms with Gasteiger partial charge < -0.3 is 9.64 Å². The highest BCUT2D eigenvalue weighted by Crippen LogP contribution is 2.39. The first-order chi connectivity index (χ1) is 19.2. The molecule has 1 unspecified atom stereocenters. The molecule has 2 aliphatic rings. The predicted octanol–water partition coefficient (Wildman–Crippen LogP) is 9.24. The number of benzene rings is 1. The number of amidine groups is 1. The predicted molar refractivity (Wildman–Crippen MR) is 170 cm³/mol. The summed E-state index contributed by atoms with van der Waals surface area (Å²) in [6.45, 7) is 21.6. The van der Waals surface area contributed by atoms with Crippen LogP contribution < -0.4 is 4.74 Å². The van der Waals surface area contributed by atoms with E-state index in [4.69, 9.17) is 19.7 Å². The number of ether oxygens (including phenoxy) is 1. The second-order valence-corrected chi connectivity index (χ2v) is 11.8. The molecule has 0 radical (unpaired) electrons. The Labute approximate surface area is 242 Å². The Morgan fingerprint density at radius 2 is 1.93 bits per heavy atom. The number of rotatable bonds is 10. The Kier molecular flexibility index (Phi) is 9.99. The van der Waals surface area contributed by atoms with Crippen LogP contribution in [-0.2, 0) is 6.54 Å². The lowest BCUT2D eigenvalue weighted by Crippen LogP contribution is -2.35. The fourth-order valence-corrected chi connectivity index (χ4v) is 5.32. The van der Waals surface area contributed by atoms with Gasteiger partial charge in [-0.1, -0.05) is 45.4 Å². The minimum absolute atomic E-state index is 0.526. The van der Waals surface area contributed by atoms with Crippen molar-refractivity contribution < 1.29 is 4.74 Å². The van der Waals surface area contributed by atoms with Gasteiger partial charge in [-0.3, -0.25) is 9.98 Å². The Balaban J connectivity index is 1.71. The third-order valence-electron chi connectivity index (χ3n) is 8.24. The van der Waals surface area contributed by atoms with E-state index in [-0.39, 0.29) is 0 Å². The van der Waals surface area contributed by atoms with Crippen molar-refractivity contribution in [2.45, 2.75) is 93.5 Å². The van der Waals surface area contributed by atoms with Crippen molar-refractivity contribution in [1.82, 2.24) is 9.88 Å². The number of hydrogen-bond donors (Lipinski definition) is 0. The maximum atomic E-state index is 6.28. The summed E-state index contributed by atoms with van der Waals surface area (Å²) in [5.41, 5.74) is 10.1. The van der Waals surface area contributed by atoms with E-state index in [1.54, 1.807) is 0 Å². The molecule has 214 valence electrons. The minimum atomic E-state index is 0.526. The van der Waals surface area contributed by atoms with Gasteiger partial charge in [0.15, 0.2) is 0 Å². The summed E-state index contributed by atoms with van der Waals surface area (Å²) in [6.07, 6.45) is 8.92. The molecule has 1 aliphatic carbocycles. The molecule has 1 saturated carbocycles. The van der Waals surface area contributed by atoms with Crippen molar-refractivity contribution >= 4 is 17.2 Å². The van der Waals surface area contributed by atoms with Crippen LogP contribution in [0.25, 0.3) is 11.1 Å². The fraction of sp³-hybridized carbons (Fsp3) is 0.514. The summed E-state index contributed by atoms with van der Waals surface area (Å²) < 4.78 is 6.28. The molecular formula is C35H48N4O. The highest BCUT2D eigenvalue weighted by atomic mass is 16.5. The monoisotopic (exact) mass is 540 g/mol. The van der Waals surface area contributed by atoms with Gasteiger partial charge in [-0.05, 0) is 101 Å². The van der Waals surface area contributed by atoms with E-state index >= 15 is 0 Å². The van der Waals surface area contributed by atoms with Gasteiger partial charge in [-0.15, -0.1) is 0 Å². The van der Waals surface area contributed by atoms with E-state index in [9.17, 15) is 0 Å². The summed E-state index contributed by atoms with van der Waals surface area (Å²) in [4.78, 5) is 17.1. The SMILES string of the molecule is C=C(C)N=C(C(CC1CC1)=C(C)C(C)CC)N1CCOc2ccc(-c3cnc(C)c(N=C(C)CCC)c3)cc2C1. The lowest BCUT2D eigenvalue weighted by atomic mass is 9.91. The van der Waals surface area contributed by atoms with Gasteiger partial charge in [0.05, 0.1) is 17.9 Å². The van der Waals surface area contributed by atoms with Crippen LogP contribution in [0, 0.1) is 18.8 Å². The van der Waals surface area contributed by atoms with E-state index < -0.39 is 0 Å². The molecule has 2 aromatic rings. The molecule has 1 fully saturated rings. The molecule has 1 atom stereocenters. The van der Waals surface area contributed by atoms with Crippen LogP contribution in [0.3, 0.4) is 0 Å². The zero-order chi connectivity index (χ0) is 28.8. The van der Waals surface area contributed by atoms with Crippen molar-refractivity contribution in [3.8, 4) is 16.9 Å². The van der Waals surface area contributed by atoms with Crippen LogP contribution in [0.1, 0.15) is 91.3 Å². The number of hydrogen-bond acceptors (Lipinski definition) is 4. The Hall–Kier alpha value is -3.21. The fourth-order valence-electron chi connectivity index (χ4n) is 5.32. The molecular weight excluding hydrogens is 492 g/mol. The molecule has 0 amide bonds. The van der Waals surface area contributed by atoms with Crippen LogP contribution >= 0.6 is 0 Å². The topological polar surface area (TPSA) is 50.1 Å². The molecule has 1 aromatic heterocycles. The quantitative estimate of drug-likeness (QED) is 0.223. The third kappa shape index (κ3) is 7.50. The Morgan fingerprint density at radius 1 is 1.15 bits per heavy atom. The number of fused-ring (bicyclic) bond motifs is 1. The lowest BCUT2D eigenvalue weighted by Gasteiger charge is -2.29. The summed E-state index contributed by atoms with van der Waals surface area (Å²) in [6, 6.07) is 8.68. The number of pyridine rings is 1. The van der Waals surface area contributed by atoms with E-state index in [0.717, 1.165) is 90.2 Å². The largest absolute Gasteiger partial charge is 0.491 e. The third-order valence-corrected chi connectivity index (χ3v) is 8.24. The van der Waals surface area contributed by atoms with Crippen molar-refractivity contribution in [2.75, 3.05) is 13.2 Å². The van der Waals surface area contributed by atoms with E-state index in [1.165, 1.54) is 29.6 Å². The van der Waals surface area contributed by atoms with Crippen LogP contribution in [0.2, 0.25) is 0 Å². The highest BCUT2D eigenvalue weighted by molar-refractivity contribution is 5.99. The van der Waals surface area contributed by atoms with Crippen molar-refractivity contribution in [2.24, 2.45) is 21.8 Å². The summed E-state index contributed by atoms with van der Waals surface area (Å²) in [7, 11) is 0. The molecule has 1 aromatic carbocycles. The first-order valence-corrected chi connectivity index (χ1v) is 15.2. The summed E-state index contributed by atoms with van der Waals surface area (Å²) in [5.74, 6) is 3.33. The molecule has 0 saturated heterocycles. The number of nitrogens with zero attached hydrogens (tertiary/aromatic N) is 4. The van der Waals surface area contributed by atoms with Crippen LogP contribution in [0.15, 0.2) is 63.9 Å². The van der Waals surface area contributed by atoms with Crippen LogP contribution in [-0.4, -0.2) is 34.6 Å². The van der Waals surface area contributed by atoms with Crippen LogP contribution in [0.5, 0.6) is 5.75 Å². The Bertz CT molecular complexity index is 1310. The first kappa shape index (κ1) is 29.8. The van der Waals surface area contributed by atoms with E-state index in [2.05, 4.69) is 70.4 Å². The Morgan fingerprint density at radius 3 is 2.60 bits per heavy atom. The van der Waals surface area contributed by atoms with Gasteiger partial charge in [0.25, 0.3) is 0 Å². The van der Waals surface area contributed by atoms with Gasteiger partial charge >= 0.3 is 0 Å². The molecule has 4 rings (SSSR count). The zero-order valence-corrected chi connectivity index (χ0v) is 25.8. The lowest BCUT2D eigenvalue weighted by molar-refractivity contribution is 0.289. The average molecular weight is 541 g/mol. The van der Waals surface area contributed by atoms with Crippen molar-refractivity contribution in [3.05, 3.63) is 65.1 Å². The average Bonchev–Trinajstić information content (AvgIpc) is 3.77. The zero-order valence-electron chi connectivity index (χ0n) is 25.8. The smallest absolute Gasteiger partial charge is 0.132 e.